The van der Waals surface area contributed by atoms with Crippen molar-refractivity contribution >= 4 is 10.0 Å². The Bertz CT molecular complexity index is 581. The van der Waals surface area contributed by atoms with E-state index in [2.05, 4.69) is 10.0 Å². The summed E-state index contributed by atoms with van der Waals surface area (Å²) < 4.78 is 27.0. The highest BCUT2D eigenvalue weighted by atomic mass is 32.2. The number of rotatable bonds is 4. The maximum absolute atomic E-state index is 12.1. The Hall–Kier alpha value is -1.42. The predicted octanol–water partition coefficient (Wildman–Crippen LogP) is 0.730. The van der Waals surface area contributed by atoms with Gasteiger partial charge in [-0.2, -0.15) is 5.26 Å². The first-order valence-corrected chi connectivity index (χ1v) is 7.79. The molecule has 2 rings (SSSR count). The van der Waals surface area contributed by atoms with E-state index in [-0.39, 0.29) is 5.75 Å². The molecule has 0 aliphatic carbocycles. The lowest BCUT2D eigenvalue weighted by Gasteiger charge is -2.24. The number of nitrogens with one attached hydrogen (secondary N) is 2. The van der Waals surface area contributed by atoms with Crippen LogP contribution in [0.2, 0.25) is 0 Å². The first-order chi connectivity index (χ1) is 8.92. The van der Waals surface area contributed by atoms with Crippen molar-refractivity contribution in [3.63, 3.8) is 0 Å². The fourth-order valence-electron chi connectivity index (χ4n) is 2.21. The van der Waals surface area contributed by atoms with Crippen molar-refractivity contribution in [1.29, 1.82) is 5.26 Å². The number of hydrogen-bond acceptors (Lipinski definition) is 4. The zero-order chi connectivity index (χ0) is 13.9. The average Bonchev–Trinajstić information content (AvgIpc) is 2.75. The highest BCUT2D eigenvalue weighted by Crippen LogP contribution is 2.16. The maximum atomic E-state index is 12.1. The fraction of sp³-hybridized carbons (Fsp3) is 0.462. The molecule has 1 fully saturated rings. The molecule has 1 aromatic carbocycles. The van der Waals surface area contributed by atoms with Gasteiger partial charge in [-0.15, -0.1) is 0 Å². The molecular weight excluding hydrogens is 262 g/mol. The highest BCUT2D eigenvalue weighted by Gasteiger charge is 2.32. The molecule has 6 heteroatoms. The molecule has 5 nitrogen and oxygen atoms in total. The Labute approximate surface area is 113 Å². The first-order valence-electron chi connectivity index (χ1n) is 6.14. The minimum Gasteiger partial charge on any atom is -0.315 e. The summed E-state index contributed by atoms with van der Waals surface area (Å²) in [5.74, 6) is -0.0612. The molecule has 19 heavy (non-hydrogen) atoms. The molecule has 0 bridgehead atoms. The number of nitriles is 1. The van der Waals surface area contributed by atoms with Crippen LogP contribution in [0.4, 0.5) is 0 Å². The summed E-state index contributed by atoms with van der Waals surface area (Å²) in [5.41, 5.74) is 0.813. The van der Waals surface area contributed by atoms with E-state index in [1.54, 1.807) is 24.3 Å². The van der Waals surface area contributed by atoms with Crippen molar-refractivity contribution in [3.8, 4) is 6.07 Å². The molecule has 1 aliphatic rings. The van der Waals surface area contributed by atoms with E-state index in [1.807, 2.05) is 13.0 Å². The van der Waals surface area contributed by atoms with Crippen LogP contribution in [0.15, 0.2) is 24.3 Å². The second-order valence-electron chi connectivity index (χ2n) is 5.16. The van der Waals surface area contributed by atoms with E-state index < -0.39 is 15.6 Å². The maximum Gasteiger partial charge on any atom is 0.216 e. The lowest BCUT2D eigenvalue weighted by atomic mass is 10.0. The third-order valence-corrected chi connectivity index (χ3v) is 4.73. The highest BCUT2D eigenvalue weighted by molar-refractivity contribution is 7.88. The summed E-state index contributed by atoms with van der Waals surface area (Å²) >= 11 is 0. The topological polar surface area (TPSA) is 82.0 Å². The van der Waals surface area contributed by atoms with Gasteiger partial charge in [-0.25, -0.2) is 13.1 Å². The van der Waals surface area contributed by atoms with Crippen molar-refractivity contribution in [1.82, 2.24) is 10.0 Å². The normalized spacial score (nSPS) is 23.2. The van der Waals surface area contributed by atoms with Gasteiger partial charge in [0.05, 0.1) is 17.4 Å². The van der Waals surface area contributed by atoms with Crippen molar-refractivity contribution in [2.24, 2.45) is 0 Å². The van der Waals surface area contributed by atoms with Gasteiger partial charge in [-0.05, 0) is 37.6 Å². The largest absolute Gasteiger partial charge is 0.315 e. The minimum absolute atomic E-state index is 0.0612. The first kappa shape index (κ1) is 14.0. The molecule has 0 amide bonds. The van der Waals surface area contributed by atoms with Gasteiger partial charge < -0.3 is 5.32 Å². The van der Waals surface area contributed by atoms with Crippen LogP contribution in [0.3, 0.4) is 0 Å². The van der Waals surface area contributed by atoms with Gasteiger partial charge in [-0.1, -0.05) is 12.1 Å². The molecule has 1 unspecified atom stereocenters. The number of sulfonamides is 1. The summed E-state index contributed by atoms with van der Waals surface area (Å²) in [5, 5.41) is 11.8. The second kappa shape index (κ2) is 5.29. The SMILES string of the molecule is CC1(NS(=O)(=O)Cc2ccc(C#N)cc2)CCNC1. The molecule has 1 saturated heterocycles. The van der Waals surface area contributed by atoms with Crippen LogP contribution in [0, 0.1) is 11.3 Å². The third-order valence-electron chi connectivity index (χ3n) is 3.21. The molecule has 0 radical (unpaired) electrons. The summed E-state index contributed by atoms with van der Waals surface area (Å²) in [6, 6.07) is 8.61. The van der Waals surface area contributed by atoms with Crippen LogP contribution < -0.4 is 10.0 Å². The van der Waals surface area contributed by atoms with E-state index in [1.165, 1.54) is 0 Å². The second-order valence-corrected chi connectivity index (χ2v) is 6.88. The summed E-state index contributed by atoms with van der Waals surface area (Å²) in [6.07, 6.45) is 0.791. The molecule has 102 valence electrons. The van der Waals surface area contributed by atoms with E-state index >= 15 is 0 Å². The minimum atomic E-state index is -3.37. The Morgan fingerprint density at radius 3 is 2.63 bits per heavy atom. The molecule has 2 N–H and O–H groups in total. The number of hydrogen-bond donors (Lipinski definition) is 2. The van der Waals surface area contributed by atoms with Crippen LogP contribution in [-0.2, 0) is 15.8 Å². The molecule has 1 atom stereocenters. The van der Waals surface area contributed by atoms with Crippen LogP contribution >= 0.6 is 0 Å². The quantitative estimate of drug-likeness (QED) is 0.851. The number of benzene rings is 1. The van der Waals surface area contributed by atoms with Crippen molar-refractivity contribution in [3.05, 3.63) is 35.4 Å². The Morgan fingerprint density at radius 1 is 1.42 bits per heavy atom. The molecular formula is C13H17N3O2S. The summed E-state index contributed by atoms with van der Waals surface area (Å²) in [4.78, 5) is 0. The van der Waals surface area contributed by atoms with Gasteiger partial charge in [0.25, 0.3) is 0 Å². The van der Waals surface area contributed by atoms with Gasteiger partial charge in [0.2, 0.25) is 10.0 Å². The van der Waals surface area contributed by atoms with Crippen LogP contribution in [0.1, 0.15) is 24.5 Å². The molecule has 0 saturated carbocycles. The van der Waals surface area contributed by atoms with Crippen molar-refractivity contribution < 1.29 is 8.42 Å². The Morgan fingerprint density at radius 2 is 2.11 bits per heavy atom. The smallest absolute Gasteiger partial charge is 0.216 e. The van der Waals surface area contributed by atoms with Crippen molar-refractivity contribution in [2.75, 3.05) is 13.1 Å². The predicted molar refractivity (Wildman–Crippen MR) is 72.8 cm³/mol. The molecule has 1 aliphatic heterocycles. The van der Waals surface area contributed by atoms with Crippen molar-refractivity contribution in [2.45, 2.75) is 24.6 Å². The van der Waals surface area contributed by atoms with Gasteiger partial charge in [0.1, 0.15) is 0 Å². The number of nitrogens with zero attached hydrogens (tertiary/aromatic N) is 1. The Kier molecular flexibility index (Phi) is 3.90. The van der Waals surface area contributed by atoms with Gasteiger partial charge in [0, 0.05) is 12.1 Å². The lowest BCUT2D eigenvalue weighted by molar-refractivity contribution is 0.451. The summed E-state index contributed by atoms with van der Waals surface area (Å²) in [6.45, 7) is 3.39. The zero-order valence-electron chi connectivity index (χ0n) is 10.8. The van der Waals surface area contributed by atoms with Crippen LogP contribution in [-0.4, -0.2) is 27.0 Å². The zero-order valence-corrected chi connectivity index (χ0v) is 11.6. The third kappa shape index (κ3) is 3.77. The lowest BCUT2D eigenvalue weighted by Crippen LogP contribution is -2.47. The van der Waals surface area contributed by atoms with E-state index in [4.69, 9.17) is 5.26 Å². The fourth-order valence-corrected chi connectivity index (χ4v) is 3.84. The summed E-state index contributed by atoms with van der Waals surface area (Å²) in [7, 11) is -3.37. The molecule has 0 aromatic heterocycles. The van der Waals surface area contributed by atoms with E-state index in [0.717, 1.165) is 13.0 Å². The average molecular weight is 279 g/mol. The Balaban J connectivity index is 2.06. The van der Waals surface area contributed by atoms with E-state index in [0.29, 0.717) is 17.7 Å². The molecule has 1 heterocycles. The monoisotopic (exact) mass is 279 g/mol. The van der Waals surface area contributed by atoms with Crippen LogP contribution in [0.5, 0.6) is 0 Å². The standard InChI is InChI=1S/C13H17N3O2S/c1-13(6-7-15-10-13)16-19(17,18)9-12-4-2-11(8-14)3-5-12/h2-5,15-16H,6-7,9-10H2,1H3. The van der Waals surface area contributed by atoms with Gasteiger partial charge >= 0.3 is 0 Å². The van der Waals surface area contributed by atoms with Crippen LogP contribution in [0.25, 0.3) is 0 Å². The van der Waals surface area contributed by atoms with Gasteiger partial charge in [-0.3, -0.25) is 0 Å². The van der Waals surface area contributed by atoms with Gasteiger partial charge in [0.15, 0.2) is 0 Å². The molecule has 0 spiro atoms. The van der Waals surface area contributed by atoms with E-state index in [9.17, 15) is 8.42 Å². The molecule has 1 aromatic rings.